The molecule has 2 atom stereocenters. The van der Waals surface area contributed by atoms with E-state index in [4.69, 9.17) is 15.7 Å². The maximum absolute atomic E-state index is 12.6. The van der Waals surface area contributed by atoms with Crippen molar-refractivity contribution in [1.29, 1.82) is 5.26 Å². The highest BCUT2D eigenvalue weighted by molar-refractivity contribution is 5.89. The van der Waals surface area contributed by atoms with Crippen LogP contribution in [0.5, 0.6) is 5.75 Å². The van der Waals surface area contributed by atoms with E-state index in [1.807, 2.05) is 74.5 Å². The topological polar surface area (TPSA) is 117 Å². The molecule has 0 saturated carbocycles. The van der Waals surface area contributed by atoms with E-state index >= 15 is 0 Å². The Kier molecular flexibility index (Phi) is 10.2. The predicted molar refractivity (Wildman–Crippen MR) is 124 cm³/mol. The molecule has 0 aliphatic rings. The van der Waals surface area contributed by atoms with Crippen LogP contribution in [0.1, 0.15) is 37.8 Å². The van der Waals surface area contributed by atoms with Gasteiger partial charge in [0, 0.05) is 13.0 Å². The van der Waals surface area contributed by atoms with E-state index in [-0.39, 0.29) is 30.7 Å². The third-order valence-electron chi connectivity index (χ3n) is 4.84. The largest absolute Gasteiger partial charge is 0.489 e. The van der Waals surface area contributed by atoms with Gasteiger partial charge < -0.3 is 21.1 Å². The number of nitrogens with zero attached hydrogens (tertiary/aromatic N) is 1. The molecule has 0 bridgehead atoms. The molecule has 0 spiro atoms. The number of carbonyl (C=O) groups is 2. The maximum atomic E-state index is 12.6. The molecule has 7 nitrogen and oxygen atoms in total. The molecule has 7 heteroatoms. The normalized spacial score (nSPS) is 12.5. The summed E-state index contributed by atoms with van der Waals surface area (Å²) in [4.78, 5) is 25.1. The second-order valence-corrected chi connectivity index (χ2v) is 8.12. The van der Waals surface area contributed by atoms with Crippen LogP contribution >= 0.6 is 0 Å². The summed E-state index contributed by atoms with van der Waals surface area (Å²) in [5.74, 6) is 0.286. The van der Waals surface area contributed by atoms with Gasteiger partial charge in [-0.25, -0.2) is 0 Å². The smallest absolute Gasteiger partial charge is 0.242 e. The van der Waals surface area contributed by atoms with Crippen molar-refractivity contribution in [3.63, 3.8) is 0 Å². The number of benzene rings is 2. The molecule has 170 valence electrons. The molecule has 0 aromatic heterocycles. The number of nitrogens with two attached hydrogens (primary N) is 1. The predicted octanol–water partition coefficient (Wildman–Crippen LogP) is 2.70. The number of amides is 2. The number of ether oxygens (including phenoxy) is 1. The Hall–Kier alpha value is -3.37. The fourth-order valence-corrected chi connectivity index (χ4v) is 3.17. The summed E-state index contributed by atoms with van der Waals surface area (Å²) < 4.78 is 5.80. The van der Waals surface area contributed by atoms with Crippen molar-refractivity contribution in [1.82, 2.24) is 10.6 Å². The summed E-state index contributed by atoms with van der Waals surface area (Å²) in [5, 5.41) is 14.2. The average Bonchev–Trinajstić information content (AvgIpc) is 2.78. The van der Waals surface area contributed by atoms with Gasteiger partial charge in [-0.15, -0.1) is 0 Å². The first-order valence-corrected chi connectivity index (χ1v) is 10.8. The van der Waals surface area contributed by atoms with E-state index in [0.29, 0.717) is 19.4 Å². The van der Waals surface area contributed by atoms with Crippen LogP contribution in [0.15, 0.2) is 54.6 Å². The van der Waals surface area contributed by atoms with E-state index < -0.39 is 12.1 Å². The molecule has 0 aliphatic heterocycles. The number of hydrogen-bond acceptors (Lipinski definition) is 5. The Morgan fingerprint density at radius 2 is 1.72 bits per heavy atom. The molecule has 2 rings (SSSR count). The fraction of sp³-hybridized carbons (Fsp3) is 0.400. The Bertz CT molecular complexity index is 892. The van der Waals surface area contributed by atoms with Gasteiger partial charge >= 0.3 is 0 Å². The summed E-state index contributed by atoms with van der Waals surface area (Å²) in [5.41, 5.74) is 7.93. The molecule has 2 aromatic rings. The molecule has 32 heavy (non-hydrogen) atoms. The number of nitriles is 1. The van der Waals surface area contributed by atoms with Gasteiger partial charge in [0.15, 0.2) is 0 Å². The third-order valence-corrected chi connectivity index (χ3v) is 4.84. The van der Waals surface area contributed by atoms with Crippen molar-refractivity contribution >= 4 is 11.8 Å². The van der Waals surface area contributed by atoms with Gasteiger partial charge in [0.1, 0.15) is 18.4 Å². The van der Waals surface area contributed by atoms with Crippen LogP contribution in [-0.2, 0) is 22.6 Å². The van der Waals surface area contributed by atoms with Crippen molar-refractivity contribution in [2.45, 2.75) is 51.8 Å². The Morgan fingerprint density at radius 3 is 2.34 bits per heavy atom. The second-order valence-electron chi connectivity index (χ2n) is 8.12. The first-order chi connectivity index (χ1) is 15.4. The van der Waals surface area contributed by atoms with Crippen LogP contribution in [0.3, 0.4) is 0 Å². The zero-order chi connectivity index (χ0) is 23.3. The number of nitrogens with one attached hydrogen (secondary N) is 2. The maximum Gasteiger partial charge on any atom is 0.242 e. The van der Waals surface area contributed by atoms with Gasteiger partial charge in [0.05, 0.1) is 18.5 Å². The quantitative estimate of drug-likeness (QED) is 0.442. The van der Waals surface area contributed by atoms with E-state index in [2.05, 4.69) is 10.6 Å². The van der Waals surface area contributed by atoms with Crippen LogP contribution in [0.25, 0.3) is 0 Å². The minimum Gasteiger partial charge on any atom is -0.489 e. The van der Waals surface area contributed by atoms with E-state index in [9.17, 15) is 9.59 Å². The molecule has 0 saturated heterocycles. The molecule has 4 N–H and O–H groups in total. The molecular weight excluding hydrogens is 404 g/mol. The van der Waals surface area contributed by atoms with Crippen LogP contribution < -0.4 is 21.1 Å². The van der Waals surface area contributed by atoms with Crippen molar-refractivity contribution in [3.8, 4) is 11.8 Å². The van der Waals surface area contributed by atoms with Gasteiger partial charge in [-0.3, -0.25) is 9.59 Å². The van der Waals surface area contributed by atoms with E-state index in [1.54, 1.807) is 0 Å². The lowest BCUT2D eigenvalue weighted by molar-refractivity contribution is -0.129. The minimum absolute atomic E-state index is 0.201. The third kappa shape index (κ3) is 8.78. The summed E-state index contributed by atoms with van der Waals surface area (Å²) in [6.45, 7) is 4.67. The highest BCUT2D eigenvalue weighted by atomic mass is 16.5. The lowest BCUT2D eigenvalue weighted by Crippen LogP contribution is -2.52. The van der Waals surface area contributed by atoms with Crippen LogP contribution in [-0.4, -0.2) is 30.4 Å². The van der Waals surface area contributed by atoms with Gasteiger partial charge in [0.25, 0.3) is 0 Å². The lowest BCUT2D eigenvalue weighted by atomic mass is 10.0. The number of carbonyl (C=O) groups excluding carboxylic acids is 2. The summed E-state index contributed by atoms with van der Waals surface area (Å²) in [7, 11) is 0. The highest BCUT2D eigenvalue weighted by Crippen LogP contribution is 2.16. The first-order valence-electron chi connectivity index (χ1n) is 10.8. The Morgan fingerprint density at radius 1 is 1.03 bits per heavy atom. The van der Waals surface area contributed by atoms with Crippen LogP contribution in [0.4, 0.5) is 0 Å². The monoisotopic (exact) mass is 436 g/mol. The summed E-state index contributed by atoms with van der Waals surface area (Å²) in [6.07, 6.45) is 1.03. The Balaban J connectivity index is 2.01. The first kappa shape index (κ1) is 24.9. The molecule has 0 heterocycles. The van der Waals surface area contributed by atoms with Crippen molar-refractivity contribution in [2.75, 3.05) is 6.54 Å². The van der Waals surface area contributed by atoms with E-state index in [0.717, 1.165) is 16.9 Å². The zero-order valence-corrected chi connectivity index (χ0v) is 18.7. The van der Waals surface area contributed by atoms with Crippen molar-refractivity contribution < 1.29 is 14.3 Å². The highest BCUT2D eigenvalue weighted by Gasteiger charge is 2.24. The van der Waals surface area contributed by atoms with Crippen LogP contribution in [0.2, 0.25) is 0 Å². The second kappa shape index (κ2) is 13.1. The fourth-order valence-electron chi connectivity index (χ4n) is 3.17. The van der Waals surface area contributed by atoms with Gasteiger partial charge in [0.2, 0.25) is 11.8 Å². The lowest BCUT2D eigenvalue weighted by Gasteiger charge is -2.21. The molecule has 0 fully saturated rings. The standard InChI is InChI=1S/C25H32N4O3/c1-18(2)15-22(27)24(30)29-23(25(31)28-14-6-13-26)16-19-9-11-21(12-10-19)32-17-20-7-4-3-5-8-20/h3-5,7-12,18,22-23H,6,14-17,27H2,1-2H3,(H,28,31)(H,29,30). The molecular formula is C25H32N4O3. The van der Waals surface area contributed by atoms with Crippen molar-refractivity contribution in [3.05, 3.63) is 65.7 Å². The molecule has 0 radical (unpaired) electrons. The van der Waals surface area contributed by atoms with Gasteiger partial charge in [-0.1, -0.05) is 56.3 Å². The van der Waals surface area contributed by atoms with Crippen molar-refractivity contribution in [2.24, 2.45) is 11.7 Å². The molecule has 0 aliphatic carbocycles. The number of rotatable bonds is 12. The van der Waals surface area contributed by atoms with Crippen LogP contribution in [0, 0.1) is 17.2 Å². The average molecular weight is 437 g/mol. The zero-order valence-electron chi connectivity index (χ0n) is 18.7. The summed E-state index contributed by atoms with van der Waals surface area (Å²) >= 11 is 0. The number of hydrogen-bond donors (Lipinski definition) is 3. The summed E-state index contributed by atoms with van der Waals surface area (Å²) in [6, 6.07) is 17.8. The van der Waals surface area contributed by atoms with Gasteiger partial charge in [-0.2, -0.15) is 5.26 Å². The van der Waals surface area contributed by atoms with E-state index in [1.165, 1.54) is 0 Å². The molecule has 2 unspecified atom stereocenters. The molecule has 2 aromatic carbocycles. The Labute approximate surface area is 190 Å². The molecule has 2 amide bonds. The SMILES string of the molecule is CC(C)CC(N)C(=O)NC(Cc1ccc(OCc2ccccc2)cc1)C(=O)NCCC#N. The van der Waals surface area contributed by atoms with Gasteiger partial charge in [-0.05, 0) is 35.6 Å². The minimum atomic E-state index is -0.782.